The minimum absolute atomic E-state index is 0.215. The van der Waals surface area contributed by atoms with Crippen LogP contribution in [0.25, 0.3) is 0 Å². The summed E-state index contributed by atoms with van der Waals surface area (Å²) in [7, 11) is 0. The highest BCUT2D eigenvalue weighted by molar-refractivity contribution is 5.55. The second-order valence-corrected chi connectivity index (χ2v) is 9.55. The van der Waals surface area contributed by atoms with Crippen molar-refractivity contribution in [3.05, 3.63) is 23.8 Å². The van der Waals surface area contributed by atoms with Gasteiger partial charge < -0.3 is 10.8 Å². The number of phenols is 1. The van der Waals surface area contributed by atoms with E-state index in [9.17, 15) is 5.11 Å². The van der Waals surface area contributed by atoms with Crippen LogP contribution in [0.4, 0.5) is 5.69 Å². The SMILES string of the molecule is CC12CC3(C)CC(C)(C1)CC(c1ccc(O)c(N)c1)(C2)C3. The number of anilines is 1. The molecule has 4 saturated carbocycles. The zero-order valence-electron chi connectivity index (χ0n) is 13.5. The first-order chi connectivity index (χ1) is 9.65. The van der Waals surface area contributed by atoms with Crippen molar-refractivity contribution in [2.75, 3.05) is 5.73 Å². The van der Waals surface area contributed by atoms with Crippen LogP contribution in [-0.2, 0) is 5.41 Å². The third-order valence-electron chi connectivity index (χ3n) is 6.50. The van der Waals surface area contributed by atoms with Crippen molar-refractivity contribution in [2.24, 2.45) is 16.2 Å². The minimum atomic E-state index is 0.215. The number of hydrogen-bond donors (Lipinski definition) is 2. The van der Waals surface area contributed by atoms with Gasteiger partial charge in [-0.2, -0.15) is 0 Å². The van der Waals surface area contributed by atoms with Crippen molar-refractivity contribution in [3.63, 3.8) is 0 Å². The Morgan fingerprint density at radius 3 is 1.76 bits per heavy atom. The normalized spacial score (nSPS) is 47.8. The summed E-state index contributed by atoms with van der Waals surface area (Å²) in [5.74, 6) is 0.215. The van der Waals surface area contributed by atoms with E-state index in [1.807, 2.05) is 6.07 Å². The fraction of sp³-hybridized carbons (Fsp3) is 0.684. The number of nitrogen functional groups attached to an aromatic ring is 1. The Bertz CT molecular complexity index is 566. The molecular weight excluding hydrogens is 258 g/mol. The average molecular weight is 285 g/mol. The van der Waals surface area contributed by atoms with Crippen LogP contribution in [0.2, 0.25) is 0 Å². The number of rotatable bonds is 1. The lowest BCUT2D eigenvalue weighted by atomic mass is 9.35. The molecule has 0 aromatic heterocycles. The van der Waals surface area contributed by atoms with Crippen LogP contribution in [0.1, 0.15) is 64.9 Å². The Labute approximate surface area is 127 Å². The molecule has 0 aliphatic heterocycles. The zero-order valence-corrected chi connectivity index (χ0v) is 13.5. The van der Waals surface area contributed by atoms with Gasteiger partial charge in [-0.3, -0.25) is 0 Å². The van der Waals surface area contributed by atoms with Gasteiger partial charge >= 0.3 is 0 Å². The predicted octanol–water partition coefficient (Wildman–Crippen LogP) is 4.61. The molecule has 0 radical (unpaired) electrons. The van der Waals surface area contributed by atoms with E-state index in [1.54, 1.807) is 6.07 Å². The molecule has 0 saturated heterocycles. The van der Waals surface area contributed by atoms with Crippen molar-refractivity contribution in [1.29, 1.82) is 0 Å². The van der Waals surface area contributed by atoms with E-state index in [-0.39, 0.29) is 11.2 Å². The Morgan fingerprint density at radius 1 is 0.857 bits per heavy atom. The molecule has 0 atom stereocenters. The maximum atomic E-state index is 9.75. The second kappa shape index (κ2) is 3.59. The predicted molar refractivity (Wildman–Crippen MR) is 86.2 cm³/mol. The topological polar surface area (TPSA) is 46.2 Å². The third kappa shape index (κ3) is 1.84. The fourth-order valence-electron chi connectivity index (χ4n) is 7.48. The van der Waals surface area contributed by atoms with Gasteiger partial charge in [-0.15, -0.1) is 0 Å². The molecule has 4 bridgehead atoms. The minimum Gasteiger partial charge on any atom is -0.506 e. The maximum Gasteiger partial charge on any atom is 0.138 e. The molecular formula is C19H27NO. The number of aromatic hydroxyl groups is 1. The van der Waals surface area contributed by atoms with Gasteiger partial charge in [-0.25, -0.2) is 0 Å². The van der Waals surface area contributed by atoms with Crippen molar-refractivity contribution < 1.29 is 5.11 Å². The van der Waals surface area contributed by atoms with Crippen molar-refractivity contribution in [1.82, 2.24) is 0 Å². The summed E-state index contributed by atoms with van der Waals surface area (Å²) in [6.07, 6.45) is 8.00. The van der Waals surface area contributed by atoms with Crippen LogP contribution in [0, 0.1) is 16.2 Å². The first-order valence-corrected chi connectivity index (χ1v) is 8.24. The summed E-state index contributed by atoms with van der Waals surface area (Å²) in [6.45, 7) is 7.50. The van der Waals surface area contributed by atoms with E-state index in [2.05, 4.69) is 26.8 Å². The Kier molecular flexibility index (Phi) is 2.30. The smallest absolute Gasteiger partial charge is 0.138 e. The molecule has 114 valence electrons. The van der Waals surface area contributed by atoms with Crippen LogP contribution in [0.5, 0.6) is 5.75 Å². The molecule has 1 aromatic carbocycles. The summed E-state index contributed by atoms with van der Waals surface area (Å²) in [5.41, 5.74) is 9.59. The molecule has 0 unspecified atom stereocenters. The highest BCUT2D eigenvalue weighted by Crippen LogP contribution is 2.73. The number of benzene rings is 1. The number of hydrogen-bond acceptors (Lipinski definition) is 2. The first-order valence-electron chi connectivity index (χ1n) is 8.24. The Balaban J connectivity index is 1.85. The van der Waals surface area contributed by atoms with E-state index in [4.69, 9.17) is 5.73 Å². The lowest BCUT2D eigenvalue weighted by Gasteiger charge is -2.69. The van der Waals surface area contributed by atoms with Crippen LogP contribution < -0.4 is 5.73 Å². The highest BCUT2D eigenvalue weighted by atomic mass is 16.3. The van der Waals surface area contributed by atoms with Gasteiger partial charge in [0.05, 0.1) is 5.69 Å². The zero-order chi connectivity index (χ0) is 15.1. The molecule has 5 rings (SSSR count). The Hall–Kier alpha value is -1.18. The van der Waals surface area contributed by atoms with Gasteiger partial charge in [0.25, 0.3) is 0 Å². The molecule has 21 heavy (non-hydrogen) atoms. The first kappa shape index (κ1) is 13.5. The molecule has 4 aliphatic rings. The lowest BCUT2D eigenvalue weighted by Crippen LogP contribution is -2.60. The maximum absolute atomic E-state index is 9.75. The van der Waals surface area contributed by atoms with E-state index in [0.29, 0.717) is 21.9 Å². The Morgan fingerprint density at radius 2 is 1.33 bits per heavy atom. The van der Waals surface area contributed by atoms with Crippen LogP contribution in [0.15, 0.2) is 18.2 Å². The monoisotopic (exact) mass is 285 g/mol. The van der Waals surface area contributed by atoms with Gasteiger partial charge in [0.15, 0.2) is 0 Å². The van der Waals surface area contributed by atoms with Crippen LogP contribution in [-0.4, -0.2) is 5.11 Å². The number of phenolic OH excluding ortho intramolecular Hbond substituents is 1. The molecule has 0 spiro atoms. The summed E-state index contributed by atoms with van der Waals surface area (Å²) >= 11 is 0. The highest BCUT2D eigenvalue weighted by Gasteiger charge is 2.64. The van der Waals surface area contributed by atoms with E-state index < -0.39 is 0 Å². The molecule has 1 aromatic rings. The van der Waals surface area contributed by atoms with Crippen LogP contribution >= 0.6 is 0 Å². The molecule has 0 heterocycles. The summed E-state index contributed by atoms with van der Waals surface area (Å²) < 4.78 is 0. The van der Waals surface area contributed by atoms with Gasteiger partial charge in [0.2, 0.25) is 0 Å². The van der Waals surface area contributed by atoms with E-state index in [1.165, 1.54) is 44.1 Å². The number of nitrogens with two attached hydrogens (primary N) is 1. The van der Waals surface area contributed by atoms with Gasteiger partial charge in [0.1, 0.15) is 5.75 Å². The second-order valence-electron chi connectivity index (χ2n) is 9.55. The van der Waals surface area contributed by atoms with E-state index in [0.717, 1.165) is 0 Å². The van der Waals surface area contributed by atoms with Gasteiger partial charge in [-0.05, 0) is 77.9 Å². The molecule has 2 heteroatoms. The van der Waals surface area contributed by atoms with E-state index >= 15 is 0 Å². The quantitative estimate of drug-likeness (QED) is 0.584. The van der Waals surface area contributed by atoms with Crippen molar-refractivity contribution in [3.8, 4) is 5.75 Å². The molecule has 4 aliphatic carbocycles. The summed E-state index contributed by atoms with van der Waals surface area (Å²) in [4.78, 5) is 0. The molecule has 0 amide bonds. The van der Waals surface area contributed by atoms with Gasteiger partial charge in [0, 0.05) is 0 Å². The fourth-order valence-corrected chi connectivity index (χ4v) is 7.48. The van der Waals surface area contributed by atoms with Gasteiger partial charge in [-0.1, -0.05) is 26.8 Å². The van der Waals surface area contributed by atoms with Crippen molar-refractivity contribution >= 4 is 5.69 Å². The largest absolute Gasteiger partial charge is 0.506 e. The van der Waals surface area contributed by atoms with Crippen LogP contribution in [0.3, 0.4) is 0 Å². The summed E-state index contributed by atoms with van der Waals surface area (Å²) in [6, 6.07) is 5.95. The average Bonchev–Trinajstić information content (AvgIpc) is 2.26. The lowest BCUT2D eigenvalue weighted by molar-refractivity contribution is -0.152. The van der Waals surface area contributed by atoms with Crippen molar-refractivity contribution in [2.45, 2.75) is 64.7 Å². The third-order valence-corrected chi connectivity index (χ3v) is 6.50. The molecule has 4 fully saturated rings. The standard InChI is InChI=1S/C19H27NO/c1-16-7-17(2)9-18(3,8-16)12-19(10-16,11-17)13-4-5-15(21)14(20)6-13/h4-6,21H,7-12,20H2,1-3H3. The molecule has 3 N–H and O–H groups in total. The summed E-state index contributed by atoms with van der Waals surface area (Å²) in [5, 5.41) is 9.75. The molecule has 2 nitrogen and oxygen atoms in total.